The molecule has 0 radical (unpaired) electrons. The molecular formula is C13H19ClN2O. The Kier molecular flexibility index (Phi) is 4.97. The molecule has 1 fully saturated rings. The van der Waals surface area contributed by atoms with E-state index in [1.54, 1.807) is 6.92 Å². The van der Waals surface area contributed by atoms with Crippen molar-refractivity contribution in [1.29, 1.82) is 0 Å². The number of hydrogen-bond donors (Lipinski definition) is 2. The maximum absolute atomic E-state index is 11.4. The maximum atomic E-state index is 11.4. The largest absolute Gasteiger partial charge is 0.347 e. The molecule has 2 N–H and O–H groups in total. The highest BCUT2D eigenvalue weighted by molar-refractivity contribution is 5.85. The molecule has 0 atom stereocenters. The normalized spacial score (nSPS) is 17.9. The van der Waals surface area contributed by atoms with Crippen molar-refractivity contribution < 1.29 is 4.79 Å². The molecule has 3 nitrogen and oxygen atoms in total. The van der Waals surface area contributed by atoms with Crippen LogP contribution in [0.25, 0.3) is 0 Å². The standard InChI is InChI=1S/C13H18N2O.ClH/c1-11(16)15-13(7-9-14-10-8-13)12-5-3-2-4-6-12;/h2-6,14H,7-10H2,1H3,(H,15,16);1H. The zero-order valence-electron chi connectivity index (χ0n) is 10.0. The van der Waals surface area contributed by atoms with Gasteiger partial charge in [0.15, 0.2) is 0 Å². The number of rotatable bonds is 2. The van der Waals surface area contributed by atoms with Gasteiger partial charge in [-0.15, -0.1) is 12.4 Å². The Labute approximate surface area is 108 Å². The van der Waals surface area contributed by atoms with E-state index in [-0.39, 0.29) is 23.9 Å². The Morgan fingerprint density at radius 3 is 2.35 bits per heavy atom. The molecule has 0 aliphatic carbocycles. The topological polar surface area (TPSA) is 41.1 Å². The summed E-state index contributed by atoms with van der Waals surface area (Å²) < 4.78 is 0. The van der Waals surface area contributed by atoms with Crippen molar-refractivity contribution in [3.63, 3.8) is 0 Å². The van der Waals surface area contributed by atoms with E-state index >= 15 is 0 Å². The van der Waals surface area contributed by atoms with E-state index in [0.29, 0.717) is 0 Å². The molecule has 1 heterocycles. The van der Waals surface area contributed by atoms with Crippen LogP contribution in [0.5, 0.6) is 0 Å². The Balaban J connectivity index is 0.00000144. The minimum atomic E-state index is -0.168. The van der Waals surface area contributed by atoms with Gasteiger partial charge in [0.2, 0.25) is 5.91 Å². The number of hydrogen-bond acceptors (Lipinski definition) is 2. The molecule has 0 aromatic heterocycles. The average Bonchev–Trinajstić information content (AvgIpc) is 2.30. The predicted molar refractivity (Wildman–Crippen MR) is 71.3 cm³/mol. The van der Waals surface area contributed by atoms with Crippen molar-refractivity contribution in [3.8, 4) is 0 Å². The van der Waals surface area contributed by atoms with Gasteiger partial charge in [0, 0.05) is 6.92 Å². The van der Waals surface area contributed by atoms with E-state index in [1.165, 1.54) is 5.56 Å². The number of carbonyl (C=O) groups is 1. The maximum Gasteiger partial charge on any atom is 0.217 e. The van der Waals surface area contributed by atoms with Crippen LogP contribution in [0.2, 0.25) is 0 Å². The first-order chi connectivity index (χ1) is 7.73. The molecule has 1 aliphatic heterocycles. The number of carbonyl (C=O) groups excluding carboxylic acids is 1. The van der Waals surface area contributed by atoms with Gasteiger partial charge in [-0.1, -0.05) is 30.3 Å². The second-order valence-electron chi connectivity index (χ2n) is 4.38. The van der Waals surface area contributed by atoms with Crippen molar-refractivity contribution in [3.05, 3.63) is 35.9 Å². The summed E-state index contributed by atoms with van der Waals surface area (Å²) in [6, 6.07) is 10.3. The van der Waals surface area contributed by atoms with Crippen molar-refractivity contribution in [2.24, 2.45) is 0 Å². The van der Waals surface area contributed by atoms with E-state index in [9.17, 15) is 4.79 Å². The molecular weight excluding hydrogens is 236 g/mol. The highest BCUT2D eigenvalue weighted by Crippen LogP contribution is 2.30. The fourth-order valence-electron chi connectivity index (χ4n) is 2.43. The summed E-state index contributed by atoms with van der Waals surface area (Å²) in [4.78, 5) is 11.4. The van der Waals surface area contributed by atoms with Gasteiger partial charge in [-0.3, -0.25) is 4.79 Å². The van der Waals surface area contributed by atoms with Crippen molar-refractivity contribution in [1.82, 2.24) is 10.6 Å². The van der Waals surface area contributed by atoms with Gasteiger partial charge >= 0.3 is 0 Å². The summed E-state index contributed by atoms with van der Waals surface area (Å²) in [5.41, 5.74) is 1.05. The lowest BCUT2D eigenvalue weighted by molar-refractivity contribution is -0.121. The molecule has 1 saturated heterocycles. The van der Waals surface area contributed by atoms with Gasteiger partial charge in [-0.05, 0) is 31.5 Å². The zero-order chi connectivity index (χ0) is 11.4. The quantitative estimate of drug-likeness (QED) is 0.846. The summed E-state index contributed by atoms with van der Waals surface area (Å²) in [7, 11) is 0. The molecule has 0 saturated carbocycles. The second kappa shape index (κ2) is 6.03. The molecule has 4 heteroatoms. The molecule has 0 unspecified atom stereocenters. The molecule has 2 rings (SSSR count). The zero-order valence-corrected chi connectivity index (χ0v) is 10.8. The Bertz CT molecular complexity index is 361. The van der Waals surface area contributed by atoms with Crippen LogP contribution in [0, 0.1) is 0 Å². The molecule has 1 aliphatic rings. The number of halogens is 1. The van der Waals surface area contributed by atoms with Gasteiger partial charge in [-0.25, -0.2) is 0 Å². The van der Waals surface area contributed by atoms with Crippen molar-refractivity contribution in [2.75, 3.05) is 13.1 Å². The summed E-state index contributed by atoms with van der Waals surface area (Å²) >= 11 is 0. The molecule has 94 valence electrons. The van der Waals surface area contributed by atoms with Crippen LogP contribution >= 0.6 is 12.4 Å². The van der Waals surface area contributed by atoms with Crippen LogP contribution in [0.1, 0.15) is 25.3 Å². The minimum Gasteiger partial charge on any atom is -0.347 e. The summed E-state index contributed by atoms with van der Waals surface area (Å²) in [5.74, 6) is 0.0470. The smallest absolute Gasteiger partial charge is 0.217 e. The van der Waals surface area contributed by atoms with Gasteiger partial charge in [0.1, 0.15) is 0 Å². The van der Waals surface area contributed by atoms with Crippen LogP contribution < -0.4 is 10.6 Å². The fourth-order valence-corrected chi connectivity index (χ4v) is 2.43. The Morgan fingerprint density at radius 2 is 1.82 bits per heavy atom. The van der Waals surface area contributed by atoms with E-state index in [0.717, 1.165) is 25.9 Å². The fraction of sp³-hybridized carbons (Fsp3) is 0.462. The van der Waals surface area contributed by atoms with Crippen molar-refractivity contribution >= 4 is 18.3 Å². The van der Waals surface area contributed by atoms with E-state index in [4.69, 9.17) is 0 Å². The molecule has 0 spiro atoms. The summed E-state index contributed by atoms with van der Waals surface area (Å²) in [6.07, 6.45) is 1.91. The number of benzene rings is 1. The van der Waals surface area contributed by atoms with Gasteiger partial charge in [-0.2, -0.15) is 0 Å². The van der Waals surface area contributed by atoms with Crippen LogP contribution in [-0.2, 0) is 10.3 Å². The molecule has 1 aromatic rings. The lowest BCUT2D eigenvalue weighted by atomic mass is 9.81. The van der Waals surface area contributed by atoms with E-state index in [2.05, 4.69) is 22.8 Å². The first-order valence-corrected chi connectivity index (χ1v) is 5.78. The third kappa shape index (κ3) is 3.20. The monoisotopic (exact) mass is 254 g/mol. The summed E-state index contributed by atoms with van der Waals surface area (Å²) in [6.45, 7) is 3.50. The van der Waals surface area contributed by atoms with E-state index in [1.807, 2.05) is 18.2 Å². The Hall–Kier alpha value is -1.06. The highest BCUT2D eigenvalue weighted by atomic mass is 35.5. The number of amides is 1. The van der Waals surface area contributed by atoms with Crippen molar-refractivity contribution in [2.45, 2.75) is 25.3 Å². The average molecular weight is 255 g/mol. The molecule has 1 aromatic carbocycles. The number of nitrogens with one attached hydrogen (secondary N) is 2. The van der Waals surface area contributed by atoms with Gasteiger partial charge in [0.25, 0.3) is 0 Å². The SMILES string of the molecule is CC(=O)NC1(c2ccccc2)CCNCC1.Cl. The molecule has 0 bridgehead atoms. The predicted octanol–water partition coefficient (Wildman–Crippen LogP) is 1.82. The lowest BCUT2D eigenvalue weighted by Gasteiger charge is -2.38. The van der Waals surface area contributed by atoms with Crippen LogP contribution in [-0.4, -0.2) is 19.0 Å². The van der Waals surface area contributed by atoms with Crippen LogP contribution in [0.3, 0.4) is 0 Å². The summed E-state index contributed by atoms with van der Waals surface area (Å²) in [5, 5.41) is 6.46. The van der Waals surface area contributed by atoms with Gasteiger partial charge < -0.3 is 10.6 Å². The third-order valence-electron chi connectivity index (χ3n) is 3.20. The highest BCUT2D eigenvalue weighted by Gasteiger charge is 2.34. The van der Waals surface area contributed by atoms with Crippen LogP contribution in [0.4, 0.5) is 0 Å². The Morgan fingerprint density at radius 1 is 1.24 bits per heavy atom. The molecule has 17 heavy (non-hydrogen) atoms. The van der Waals surface area contributed by atoms with Gasteiger partial charge in [0.05, 0.1) is 5.54 Å². The third-order valence-corrected chi connectivity index (χ3v) is 3.20. The van der Waals surface area contributed by atoms with E-state index < -0.39 is 0 Å². The van der Waals surface area contributed by atoms with Crippen LogP contribution in [0.15, 0.2) is 30.3 Å². The minimum absolute atomic E-state index is 0. The lowest BCUT2D eigenvalue weighted by Crippen LogP contribution is -2.51. The first-order valence-electron chi connectivity index (χ1n) is 5.78. The number of piperidine rings is 1. The second-order valence-corrected chi connectivity index (χ2v) is 4.38. The molecule has 1 amide bonds. The first kappa shape index (κ1) is 14.0.